The normalized spacial score (nSPS) is 11.1. The van der Waals surface area contributed by atoms with E-state index in [4.69, 9.17) is 4.98 Å². The lowest BCUT2D eigenvalue weighted by atomic mass is 10.1. The van der Waals surface area contributed by atoms with E-state index in [9.17, 15) is 0 Å². The molecule has 5 heteroatoms. The number of aromatic nitrogens is 3. The summed E-state index contributed by atoms with van der Waals surface area (Å²) in [6.45, 7) is 2.16. The van der Waals surface area contributed by atoms with Crippen molar-refractivity contribution in [2.45, 2.75) is 6.92 Å². The third-order valence-corrected chi connectivity index (χ3v) is 5.52. The van der Waals surface area contributed by atoms with Crippen molar-refractivity contribution in [1.82, 2.24) is 15.0 Å². The van der Waals surface area contributed by atoms with Crippen molar-refractivity contribution in [3.63, 3.8) is 0 Å². The fraction of sp³-hybridized carbons (Fsp3) is 0.0625. The zero-order valence-electron chi connectivity index (χ0n) is 11.3. The summed E-state index contributed by atoms with van der Waals surface area (Å²) in [5.74, 6) is 0. The smallest absolute Gasteiger partial charge is 0.144 e. The maximum atomic E-state index is 4.73. The fourth-order valence-corrected chi connectivity index (χ4v) is 4.34. The summed E-state index contributed by atoms with van der Waals surface area (Å²) in [4.78, 5) is 14.4. The molecule has 0 bridgehead atoms. The molecule has 0 N–H and O–H groups in total. The van der Waals surface area contributed by atoms with Gasteiger partial charge in [-0.3, -0.25) is 9.97 Å². The molecule has 4 aromatic rings. The van der Waals surface area contributed by atoms with E-state index in [0.717, 1.165) is 16.4 Å². The van der Waals surface area contributed by atoms with Crippen LogP contribution in [-0.2, 0) is 0 Å². The molecule has 21 heavy (non-hydrogen) atoms. The van der Waals surface area contributed by atoms with Gasteiger partial charge in [-0.25, -0.2) is 4.98 Å². The van der Waals surface area contributed by atoms with Crippen LogP contribution in [0.2, 0.25) is 0 Å². The van der Waals surface area contributed by atoms with Crippen molar-refractivity contribution in [3.05, 3.63) is 53.8 Å². The van der Waals surface area contributed by atoms with Crippen molar-refractivity contribution in [3.8, 4) is 21.3 Å². The molecule has 0 fully saturated rings. The van der Waals surface area contributed by atoms with Crippen molar-refractivity contribution >= 4 is 32.8 Å². The number of thiazole rings is 1. The topological polar surface area (TPSA) is 38.7 Å². The van der Waals surface area contributed by atoms with Gasteiger partial charge in [0.2, 0.25) is 0 Å². The molecule has 0 saturated heterocycles. The van der Waals surface area contributed by atoms with Gasteiger partial charge >= 0.3 is 0 Å². The molecule has 0 unspecified atom stereocenters. The first-order valence-corrected chi connectivity index (χ1v) is 8.23. The zero-order chi connectivity index (χ0) is 14.2. The van der Waals surface area contributed by atoms with Gasteiger partial charge in [-0.1, -0.05) is 18.2 Å². The summed E-state index contributed by atoms with van der Waals surface area (Å²) in [5.41, 5.74) is 3.15. The van der Waals surface area contributed by atoms with Gasteiger partial charge in [0, 0.05) is 22.5 Å². The molecule has 0 atom stereocenters. The van der Waals surface area contributed by atoms with Crippen LogP contribution < -0.4 is 0 Å². The van der Waals surface area contributed by atoms with Gasteiger partial charge in [0.1, 0.15) is 10.7 Å². The Balaban J connectivity index is 1.83. The second-order valence-electron chi connectivity index (χ2n) is 4.68. The second kappa shape index (κ2) is 5.02. The summed E-state index contributed by atoms with van der Waals surface area (Å²) in [7, 11) is 0. The largest absolute Gasteiger partial charge is 0.261 e. The van der Waals surface area contributed by atoms with Crippen LogP contribution in [-0.4, -0.2) is 15.0 Å². The molecule has 3 nitrogen and oxygen atoms in total. The minimum atomic E-state index is 0.826. The molecular formula is C16H11N3S2. The number of nitrogens with zero attached hydrogens (tertiary/aromatic N) is 3. The molecule has 3 heterocycles. The molecule has 0 amide bonds. The highest BCUT2D eigenvalue weighted by atomic mass is 32.1. The number of benzene rings is 1. The summed E-state index contributed by atoms with van der Waals surface area (Å²) in [6.07, 6.45) is 5.12. The van der Waals surface area contributed by atoms with Gasteiger partial charge in [-0.15, -0.1) is 22.7 Å². The van der Waals surface area contributed by atoms with E-state index in [0.29, 0.717) is 0 Å². The lowest BCUT2D eigenvalue weighted by Crippen LogP contribution is -1.83. The summed E-state index contributed by atoms with van der Waals surface area (Å²) < 4.78 is 1.30. The zero-order valence-corrected chi connectivity index (χ0v) is 12.9. The number of fused-ring (bicyclic) bond motifs is 1. The average Bonchev–Trinajstić information content (AvgIpc) is 3.14. The monoisotopic (exact) mass is 309 g/mol. The Labute approximate surface area is 130 Å². The molecule has 0 aliphatic heterocycles. The number of rotatable bonds is 2. The van der Waals surface area contributed by atoms with E-state index in [2.05, 4.69) is 46.5 Å². The molecule has 0 spiro atoms. The lowest BCUT2D eigenvalue weighted by Gasteiger charge is -1.95. The Kier molecular flexibility index (Phi) is 3.02. The van der Waals surface area contributed by atoms with Gasteiger partial charge in [0.05, 0.1) is 16.8 Å². The molecule has 102 valence electrons. The molecule has 0 saturated carbocycles. The fourth-order valence-electron chi connectivity index (χ4n) is 2.32. The lowest BCUT2D eigenvalue weighted by molar-refractivity contribution is 1.19. The predicted octanol–water partition coefficient (Wildman–Crippen LogP) is 4.79. The Morgan fingerprint density at radius 1 is 1.05 bits per heavy atom. The summed E-state index contributed by atoms with van der Waals surface area (Å²) >= 11 is 3.40. The number of hydrogen-bond donors (Lipinski definition) is 0. The van der Waals surface area contributed by atoms with Gasteiger partial charge < -0.3 is 0 Å². The first-order chi connectivity index (χ1) is 10.3. The van der Waals surface area contributed by atoms with E-state index in [1.54, 1.807) is 41.3 Å². The minimum Gasteiger partial charge on any atom is -0.261 e. The van der Waals surface area contributed by atoms with E-state index in [1.807, 2.05) is 0 Å². The first-order valence-electron chi connectivity index (χ1n) is 6.53. The number of aryl methyl sites for hydroxylation is 1. The molecule has 3 aromatic heterocycles. The van der Waals surface area contributed by atoms with Gasteiger partial charge in [-0.05, 0) is 23.9 Å². The highest BCUT2D eigenvalue weighted by Crippen LogP contribution is 2.39. The first kappa shape index (κ1) is 12.6. The molecule has 1 aromatic carbocycles. The SMILES string of the molecule is Cc1c(-c2csc(-c3cnccn3)n2)sc2ccccc12. The molecule has 4 rings (SSSR count). The summed E-state index contributed by atoms with van der Waals surface area (Å²) in [6, 6.07) is 8.49. The van der Waals surface area contributed by atoms with Crippen LogP contribution in [0.3, 0.4) is 0 Å². The van der Waals surface area contributed by atoms with E-state index < -0.39 is 0 Å². The third-order valence-electron chi connectivity index (χ3n) is 3.36. The Morgan fingerprint density at radius 3 is 2.76 bits per heavy atom. The molecule has 0 aliphatic carbocycles. The van der Waals surface area contributed by atoms with Gasteiger partial charge in [0.15, 0.2) is 0 Å². The number of thiophene rings is 1. The van der Waals surface area contributed by atoms with Gasteiger partial charge in [-0.2, -0.15) is 0 Å². The Morgan fingerprint density at radius 2 is 1.95 bits per heavy atom. The van der Waals surface area contributed by atoms with Crippen molar-refractivity contribution < 1.29 is 0 Å². The Bertz CT molecular complexity index is 910. The maximum Gasteiger partial charge on any atom is 0.144 e. The van der Waals surface area contributed by atoms with E-state index >= 15 is 0 Å². The highest BCUT2D eigenvalue weighted by molar-refractivity contribution is 7.22. The van der Waals surface area contributed by atoms with E-state index in [1.165, 1.54) is 20.5 Å². The van der Waals surface area contributed by atoms with Gasteiger partial charge in [0.25, 0.3) is 0 Å². The van der Waals surface area contributed by atoms with Crippen LogP contribution in [0.5, 0.6) is 0 Å². The van der Waals surface area contributed by atoms with Crippen LogP contribution in [0.25, 0.3) is 31.4 Å². The standard InChI is InChI=1S/C16H11N3S2/c1-10-11-4-2-3-5-14(11)21-15(10)13-9-20-16(19-13)12-8-17-6-7-18-12/h2-9H,1H3. The Hall–Kier alpha value is -2.11. The summed E-state index contributed by atoms with van der Waals surface area (Å²) in [5, 5.41) is 4.32. The number of hydrogen-bond acceptors (Lipinski definition) is 5. The molecular weight excluding hydrogens is 298 g/mol. The predicted molar refractivity (Wildman–Crippen MR) is 88.7 cm³/mol. The molecule has 0 radical (unpaired) electrons. The highest BCUT2D eigenvalue weighted by Gasteiger charge is 2.14. The van der Waals surface area contributed by atoms with Crippen molar-refractivity contribution in [2.24, 2.45) is 0 Å². The van der Waals surface area contributed by atoms with Crippen LogP contribution in [0, 0.1) is 6.92 Å². The van der Waals surface area contributed by atoms with Crippen LogP contribution in [0.4, 0.5) is 0 Å². The van der Waals surface area contributed by atoms with E-state index in [-0.39, 0.29) is 0 Å². The maximum absolute atomic E-state index is 4.73. The van der Waals surface area contributed by atoms with Crippen LogP contribution in [0.1, 0.15) is 5.56 Å². The third kappa shape index (κ3) is 2.14. The molecule has 0 aliphatic rings. The van der Waals surface area contributed by atoms with Crippen molar-refractivity contribution in [2.75, 3.05) is 0 Å². The quantitative estimate of drug-likeness (QED) is 0.534. The minimum absolute atomic E-state index is 0.826. The van der Waals surface area contributed by atoms with Crippen LogP contribution in [0.15, 0.2) is 48.2 Å². The second-order valence-corrected chi connectivity index (χ2v) is 6.59. The van der Waals surface area contributed by atoms with Crippen LogP contribution >= 0.6 is 22.7 Å². The average molecular weight is 309 g/mol. The van der Waals surface area contributed by atoms with Crippen molar-refractivity contribution in [1.29, 1.82) is 0 Å².